The van der Waals surface area contributed by atoms with Crippen molar-refractivity contribution in [3.8, 4) is 0 Å². The molecule has 144 valence electrons. The molecule has 28 heavy (non-hydrogen) atoms. The molecule has 0 aliphatic carbocycles. The van der Waals surface area contributed by atoms with Crippen molar-refractivity contribution in [3.05, 3.63) is 88.0 Å². The first kappa shape index (κ1) is 20.0. The fourth-order valence-corrected chi connectivity index (χ4v) is 3.11. The van der Waals surface area contributed by atoms with Crippen molar-refractivity contribution in [3.63, 3.8) is 0 Å². The molecule has 7 heteroatoms. The Labute approximate surface area is 174 Å². The van der Waals surface area contributed by atoms with Crippen molar-refractivity contribution in [1.29, 1.82) is 0 Å². The normalized spacial score (nSPS) is 11.0. The molecule has 1 aromatic heterocycles. The lowest BCUT2D eigenvalue weighted by Gasteiger charge is -2.11. The summed E-state index contributed by atoms with van der Waals surface area (Å²) in [4.78, 5) is 0. The minimum absolute atomic E-state index is 0.350. The molecule has 0 aliphatic rings. The topological polar surface area (TPSA) is 41.4 Å². The number of nitrogens with one attached hydrogen (secondary N) is 2. The quantitative estimate of drug-likeness (QED) is 0.339. The zero-order valence-corrected chi connectivity index (χ0v) is 17.1. The van der Waals surface area contributed by atoms with Gasteiger partial charge in [-0.15, -0.1) is 0 Å². The molecular formula is C21H20ClFN4S. The van der Waals surface area contributed by atoms with E-state index in [4.69, 9.17) is 23.8 Å². The minimum Gasteiger partial charge on any atom is -0.342 e. The van der Waals surface area contributed by atoms with Crippen molar-refractivity contribution in [1.82, 2.24) is 9.99 Å². The third-order valence-electron chi connectivity index (χ3n) is 4.44. The second-order valence-corrected chi connectivity index (χ2v) is 7.18. The van der Waals surface area contributed by atoms with Gasteiger partial charge >= 0.3 is 0 Å². The molecule has 2 aromatic carbocycles. The van der Waals surface area contributed by atoms with E-state index in [1.165, 1.54) is 17.7 Å². The summed E-state index contributed by atoms with van der Waals surface area (Å²) in [6, 6.07) is 14.2. The second-order valence-electron chi connectivity index (χ2n) is 6.37. The van der Waals surface area contributed by atoms with Crippen LogP contribution >= 0.6 is 23.8 Å². The lowest BCUT2D eigenvalue weighted by Crippen LogP contribution is -2.24. The lowest BCUT2D eigenvalue weighted by molar-refractivity contribution is 0.626. The van der Waals surface area contributed by atoms with E-state index in [1.807, 2.05) is 42.0 Å². The summed E-state index contributed by atoms with van der Waals surface area (Å²) in [7, 11) is 0. The van der Waals surface area contributed by atoms with Crippen LogP contribution in [0.2, 0.25) is 5.02 Å². The van der Waals surface area contributed by atoms with Crippen LogP contribution < -0.4 is 10.7 Å². The summed E-state index contributed by atoms with van der Waals surface area (Å²) < 4.78 is 15.2. The molecule has 4 nitrogen and oxygen atoms in total. The Balaban J connectivity index is 1.63. The maximum Gasteiger partial charge on any atom is 0.191 e. The number of nitrogens with zero attached hydrogens (tertiary/aromatic N) is 2. The number of hydrogen-bond acceptors (Lipinski definition) is 2. The SMILES string of the molecule is Cc1cccc(NC(=S)N/N=C\c2cccn2Cc2ccc(F)cc2Cl)c1C. The van der Waals surface area contributed by atoms with Crippen LogP contribution in [0.1, 0.15) is 22.4 Å². The molecule has 1 heterocycles. The van der Waals surface area contributed by atoms with Gasteiger partial charge < -0.3 is 9.88 Å². The number of halogens is 2. The van der Waals surface area contributed by atoms with E-state index in [1.54, 1.807) is 12.3 Å². The van der Waals surface area contributed by atoms with Crippen LogP contribution in [0.15, 0.2) is 59.8 Å². The largest absolute Gasteiger partial charge is 0.342 e. The highest BCUT2D eigenvalue weighted by molar-refractivity contribution is 7.80. The molecule has 0 radical (unpaired) electrons. The standard InChI is InChI=1S/C21H20ClFN4S/c1-14-5-3-7-20(15(14)2)25-21(28)26-24-12-18-6-4-10-27(18)13-16-8-9-17(23)11-19(16)22/h3-12H,13H2,1-2H3,(H2,25,26,28)/b24-12-. The summed E-state index contributed by atoms with van der Waals surface area (Å²) in [5, 5.41) is 8.16. The number of aryl methyl sites for hydroxylation is 1. The number of thiocarbonyl (C=S) groups is 1. The predicted octanol–water partition coefficient (Wildman–Crippen LogP) is 5.27. The number of anilines is 1. The minimum atomic E-state index is -0.350. The van der Waals surface area contributed by atoms with E-state index >= 15 is 0 Å². The van der Waals surface area contributed by atoms with Gasteiger partial charge in [-0.1, -0.05) is 29.8 Å². The molecule has 0 aliphatic heterocycles. The molecule has 3 aromatic rings. The molecule has 0 bridgehead atoms. The van der Waals surface area contributed by atoms with Gasteiger partial charge in [-0.05, 0) is 73.1 Å². The Kier molecular flexibility index (Phi) is 6.44. The van der Waals surface area contributed by atoms with Gasteiger partial charge in [0.05, 0.1) is 11.9 Å². The molecular weight excluding hydrogens is 395 g/mol. The summed E-state index contributed by atoms with van der Waals surface area (Å²) >= 11 is 11.4. The van der Waals surface area contributed by atoms with Crippen LogP contribution in [-0.4, -0.2) is 15.9 Å². The van der Waals surface area contributed by atoms with Gasteiger partial charge in [0.15, 0.2) is 5.11 Å². The van der Waals surface area contributed by atoms with Gasteiger partial charge in [-0.2, -0.15) is 5.10 Å². The zero-order valence-electron chi connectivity index (χ0n) is 15.5. The third kappa shape index (κ3) is 4.97. The smallest absolute Gasteiger partial charge is 0.191 e. The highest BCUT2D eigenvalue weighted by atomic mass is 35.5. The Hall–Kier alpha value is -2.70. The fraction of sp³-hybridized carbons (Fsp3) is 0.143. The van der Waals surface area contributed by atoms with Gasteiger partial charge in [-0.25, -0.2) is 4.39 Å². The van der Waals surface area contributed by atoms with Crippen molar-refractivity contribution in [2.75, 3.05) is 5.32 Å². The van der Waals surface area contributed by atoms with Crippen LogP contribution in [-0.2, 0) is 6.54 Å². The van der Waals surface area contributed by atoms with E-state index in [-0.39, 0.29) is 5.82 Å². The van der Waals surface area contributed by atoms with Crippen LogP contribution in [0.5, 0.6) is 0 Å². The Morgan fingerprint density at radius 2 is 2.04 bits per heavy atom. The summed E-state index contributed by atoms with van der Waals surface area (Å²) in [5.74, 6) is -0.350. The van der Waals surface area contributed by atoms with Crippen LogP contribution in [0.25, 0.3) is 0 Å². The first-order chi connectivity index (χ1) is 13.4. The first-order valence-corrected chi connectivity index (χ1v) is 9.48. The summed E-state index contributed by atoms with van der Waals surface area (Å²) in [5.41, 5.74) is 7.79. The zero-order chi connectivity index (χ0) is 20.1. The molecule has 0 fully saturated rings. The number of rotatable bonds is 5. The van der Waals surface area contributed by atoms with Gasteiger partial charge in [0.1, 0.15) is 5.82 Å². The van der Waals surface area contributed by atoms with Crippen molar-refractivity contribution >= 4 is 40.8 Å². The highest BCUT2D eigenvalue weighted by Gasteiger charge is 2.06. The van der Waals surface area contributed by atoms with Gasteiger partial charge in [-0.3, -0.25) is 5.43 Å². The summed E-state index contributed by atoms with van der Waals surface area (Å²) in [6.45, 7) is 4.60. The van der Waals surface area contributed by atoms with Gasteiger partial charge in [0.2, 0.25) is 0 Å². The molecule has 0 saturated heterocycles. The molecule has 0 spiro atoms. The van der Waals surface area contributed by atoms with Crippen molar-refractivity contribution < 1.29 is 4.39 Å². The average Bonchev–Trinajstić information content (AvgIpc) is 3.08. The van der Waals surface area contributed by atoms with Crippen molar-refractivity contribution in [2.24, 2.45) is 5.10 Å². The monoisotopic (exact) mass is 414 g/mol. The number of hydrazone groups is 1. The predicted molar refractivity (Wildman–Crippen MR) is 118 cm³/mol. The van der Waals surface area contributed by atoms with Gasteiger partial charge in [0, 0.05) is 23.5 Å². The second kappa shape index (κ2) is 8.99. The Bertz CT molecular complexity index is 1030. The molecule has 0 unspecified atom stereocenters. The van der Waals surface area contributed by atoms with E-state index in [0.717, 1.165) is 22.5 Å². The molecule has 0 saturated carbocycles. The van der Waals surface area contributed by atoms with E-state index in [2.05, 4.69) is 28.8 Å². The molecule has 0 amide bonds. The van der Waals surface area contributed by atoms with Gasteiger partial charge in [0.25, 0.3) is 0 Å². The average molecular weight is 415 g/mol. The van der Waals surface area contributed by atoms with Crippen LogP contribution in [0.3, 0.4) is 0 Å². The third-order valence-corrected chi connectivity index (χ3v) is 4.98. The first-order valence-electron chi connectivity index (χ1n) is 8.69. The number of aromatic nitrogens is 1. The maximum absolute atomic E-state index is 13.2. The molecule has 2 N–H and O–H groups in total. The number of benzene rings is 2. The molecule has 0 atom stereocenters. The molecule has 3 rings (SSSR count). The van der Waals surface area contributed by atoms with Crippen molar-refractivity contribution in [2.45, 2.75) is 20.4 Å². The van der Waals surface area contributed by atoms with Crippen LogP contribution in [0, 0.1) is 19.7 Å². The number of hydrogen-bond donors (Lipinski definition) is 2. The van der Waals surface area contributed by atoms with E-state index < -0.39 is 0 Å². The Morgan fingerprint density at radius 3 is 2.82 bits per heavy atom. The lowest BCUT2D eigenvalue weighted by atomic mass is 10.1. The van der Waals surface area contributed by atoms with E-state index in [0.29, 0.717) is 16.7 Å². The Morgan fingerprint density at radius 1 is 1.21 bits per heavy atom. The fourth-order valence-electron chi connectivity index (χ4n) is 2.72. The maximum atomic E-state index is 13.2. The highest BCUT2D eigenvalue weighted by Crippen LogP contribution is 2.19. The van der Waals surface area contributed by atoms with Crippen LogP contribution in [0.4, 0.5) is 10.1 Å². The van der Waals surface area contributed by atoms with E-state index in [9.17, 15) is 4.39 Å². The summed E-state index contributed by atoms with van der Waals surface area (Å²) in [6.07, 6.45) is 3.59.